The first kappa shape index (κ1) is 23.0. The number of fused-ring (bicyclic) bond motifs is 1. The molecule has 0 spiro atoms. The number of aromatic nitrogens is 1. The standard InChI is InChI=1S/C29H27FN2O3/c1-31-16-13-20(14-17-31)19-7-9-21(10-8-19)24-12-11-22-15-18-32(28(33)25(22)26(24)30)27(29(34)35)23-5-3-2-4-6-23/h2-12,15,18,20,27H,13-14,16-17H2,1H3,(H,34,35). The number of benzene rings is 3. The Hall–Kier alpha value is -3.77. The highest BCUT2D eigenvalue weighted by atomic mass is 19.1. The number of halogens is 1. The molecule has 0 amide bonds. The van der Waals surface area contributed by atoms with Crippen LogP contribution in [0.2, 0.25) is 0 Å². The van der Waals surface area contributed by atoms with Crippen molar-refractivity contribution in [2.45, 2.75) is 24.8 Å². The van der Waals surface area contributed by atoms with Gasteiger partial charge >= 0.3 is 5.97 Å². The van der Waals surface area contributed by atoms with Gasteiger partial charge in [0.2, 0.25) is 0 Å². The average molecular weight is 471 g/mol. The van der Waals surface area contributed by atoms with Gasteiger partial charge in [0.15, 0.2) is 6.04 Å². The van der Waals surface area contributed by atoms with E-state index in [1.807, 2.05) is 24.3 Å². The minimum atomic E-state index is -1.25. The van der Waals surface area contributed by atoms with Gasteiger partial charge in [-0.2, -0.15) is 0 Å². The zero-order valence-electron chi connectivity index (χ0n) is 19.5. The Morgan fingerprint density at radius 3 is 2.31 bits per heavy atom. The number of piperidine rings is 1. The molecule has 1 unspecified atom stereocenters. The van der Waals surface area contributed by atoms with Gasteiger partial charge < -0.3 is 10.0 Å². The topological polar surface area (TPSA) is 62.5 Å². The number of hydrogen-bond acceptors (Lipinski definition) is 3. The second-order valence-electron chi connectivity index (χ2n) is 9.27. The molecule has 1 saturated heterocycles. The molecule has 1 aromatic heterocycles. The lowest BCUT2D eigenvalue weighted by atomic mass is 9.88. The predicted molar refractivity (Wildman–Crippen MR) is 135 cm³/mol. The third kappa shape index (κ3) is 4.37. The molecule has 178 valence electrons. The molecule has 35 heavy (non-hydrogen) atoms. The number of rotatable bonds is 5. The summed E-state index contributed by atoms with van der Waals surface area (Å²) in [5, 5.41) is 10.2. The summed E-state index contributed by atoms with van der Waals surface area (Å²) >= 11 is 0. The third-order valence-electron chi connectivity index (χ3n) is 7.08. The summed E-state index contributed by atoms with van der Waals surface area (Å²) in [4.78, 5) is 27.8. The summed E-state index contributed by atoms with van der Waals surface area (Å²) in [5.41, 5.74) is 2.05. The zero-order chi connectivity index (χ0) is 24.5. The van der Waals surface area contributed by atoms with Crippen LogP contribution >= 0.6 is 0 Å². The molecule has 5 rings (SSSR count). The number of pyridine rings is 1. The van der Waals surface area contributed by atoms with Crippen molar-refractivity contribution in [3.63, 3.8) is 0 Å². The van der Waals surface area contributed by atoms with Crippen LogP contribution in [0.1, 0.15) is 35.9 Å². The van der Waals surface area contributed by atoms with Crippen LogP contribution in [0.5, 0.6) is 0 Å². The minimum absolute atomic E-state index is 0.105. The molecular formula is C29H27FN2O3. The maximum atomic E-state index is 15.8. The van der Waals surface area contributed by atoms with Crippen LogP contribution in [0, 0.1) is 5.82 Å². The van der Waals surface area contributed by atoms with E-state index in [1.54, 1.807) is 48.5 Å². The Morgan fingerprint density at radius 1 is 0.971 bits per heavy atom. The molecule has 0 radical (unpaired) electrons. The van der Waals surface area contributed by atoms with Crippen LogP contribution in [-0.4, -0.2) is 40.7 Å². The van der Waals surface area contributed by atoms with Crippen LogP contribution in [0.3, 0.4) is 0 Å². The van der Waals surface area contributed by atoms with Crippen molar-refractivity contribution in [2.24, 2.45) is 0 Å². The van der Waals surface area contributed by atoms with Gasteiger partial charge in [-0.05, 0) is 67.0 Å². The molecule has 0 bridgehead atoms. The first-order chi connectivity index (χ1) is 16.9. The molecule has 0 saturated carbocycles. The molecule has 5 nitrogen and oxygen atoms in total. The summed E-state index contributed by atoms with van der Waals surface area (Å²) in [7, 11) is 2.13. The minimum Gasteiger partial charge on any atom is -0.479 e. The molecule has 3 aromatic carbocycles. The fourth-order valence-electron chi connectivity index (χ4n) is 5.07. The fraction of sp³-hybridized carbons (Fsp3) is 0.241. The van der Waals surface area contributed by atoms with Crippen LogP contribution in [0.25, 0.3) is 21.9 Å². The lowest BCUT2D eigenvalue weighted by Crippen LogP contribution is -2.30. The Morgan fingerprint density at radius 2 is 1.66 bits per heavy atom. The summed E-state index contributed by atoms with van der Waals surface area (Å²) in [6.45, 7) is 2.14. The number of aliphatic carboxylic acids is 1. The van der Waals surface area contributed by atoms with Gasteiger partial charge in [-0.15, -0.1) is 0 Å². The summed E-state index contributed by atoms with van der Waals surface area (Å²) in [6.07, 6.45) is 3.63. The van der Waals surface area contributed by atoms with E-state index >= 15 is 4.39 Å². The molecule has 2 heterocycles. The predicted octanol–water partition coefficient (Wildman–Crippen LogP) is 5.29. The molecule has 1 fully saturated rings. The Balaban J connectivity index is 1.55. The van der Waals surface area contributed by atoms with Gasteiger partial charge in [0.25, 0.3) is 5.56 Å². The highest BCUT2D eigenvalue weighted by Gasteiger charge is 2.25. The van der Waals surface area contributed by atoms with E-state index in [1.165, 1.54) is 11.8 Å². The molecule has 6 heteroatoms. The second-order valence-corrected chi connectivity index (χ2v) is 9.27. The van der Waals surface area contributed by atoms with Crippen molar-refractivity contribution < 1.29 is 14.3 Å². The molecule has 1 N–H and O–H groups in total. The Labute approximate surface area is 203 Å². The molecule has 1 aliphatic rings. The van der Waals surface area contributed by atoms with Crippen LogP contribution in [-0.2, 0) is 4.79 Å². The fourth-order valence-corrected chi connectivity index (χ4v) is 5.07. The average Bonchev–Trinajstić information content (AvgIpc) is 2.87. The van der Waals surface area contributed by atoms with E-state index in [9.17, 15) is 14.7 Å². The first-order valence-electron chi connectivity index (χ1n) is 11.8. The van der Waals surface area contributed by atoms with Gasteiger partial charge in [-0.1, -0.05) is 66.7 Å². The summed E-state index contributed by atoms with van der Waals surface area (Å²) in [5.74, 6) is -1.32. The highest BCUT2D eigenvalue weighted by Crippen LogP contribution is 2.32. The van der Waals surface area contributed by atoms with Crippen molar-refractivity contribution in [2.75, 3.05) is 20.1 Å². The van der Waals surface area contributed by atoms with E-state index in [4.69, 9.17) is 0 Å². The number of nitrogens with zero attached hydrogens (tertiary/aromatic N) is 2. The normalized spacial score (nSPS) is 15.8. The number of hydrogen-bond donors (Lipinski definition) is 1. The van der Waals surface area contributed by atoms with Crippen LogP contribution in [0.15, 0.2) is 83.8 Å². The van der Waals surface area contributed by atoms with Crippen LogP contribution in [0.4, 0.5) is 4.39 Å². The maximum Gasteiger partial charge on any atom is 0.331 e. The molecule has 1 atom stereocenters. The third-order valence-corrected chi connectivity index (χ3v) is 7.08. The number of likely N-dealkylation sites (tertiary alicyclic amines) is 1. The van der Waals surface area contributed by atoms with Gasteiger partial charge in [-0.3, -0.25) is 9.36 Å². The van der Waals surface area contributed by atoms with E-state index < -0.39 is 23.4 Å². The quantitative estimate of drug-likeness (QED) is 0.431. The van der Waals surface area contributed by atoms with E-state index in [0.717, 1.165) is 30.5 Å². The van der Waals surface area contributed by atoms with Crippen molar-refractivity contribution in [1.82, 2.24) is 9.47 Å². The van der Waals surface area contributed by atoms with Gasteiger partial charge in [0.1, 0.15) is 5.82 Å². The SMILES string of the molecule is CN1CCC(c2ccc(-c3ccc4ccn(C(C(=O)O)c5ccccc5)c(=O)c4c3F)cc2)CC1. The molecular weight excluding hydrogens is 443 g/mol. The van der Waals surface area contributed by atoms with Gasteiger partial charge in [-0.25, -0.2) is 9.18 Å². The van der Waals surface area contributed by atoms with E-state index in [0.29, 0.717) is 28.0 Å². The van der Waals surface area contributed by atoms with Crippen molar-refractivity contribution >= 4 is 16.7 Å². The van der Waals surface area contributed by atoms with Gasteiger partial charge in [0, 0.05) is 11.8 Å². The highest BCUT2D eigenvalue weighted by molar-refractivity contribution is 5.88. The smallest absolute Gasteiger partial charge is 0.331 e. The second kappa shape index (κ2) is 9.47. The monoisotopic (exact) mass is 470 g/mol. The Kier molecular flexibility index (Phi) is 6.22. The molecule has 1 aliphatic heterocycles. The lowest BCUT2D eigenvalue weighted by molar-refractivity contribution is -0.139. The zero-order valence-corrected chi connectivity index (χ0v) is 19.5. The molecule has 4 aromatic rings. The number of carboxylic acids is 1. The first-order valence-corrected chi connectivity index (χ1v) is 11.8. The largest absolute Gasteiger partial charge is 0.479 e. The summed E-state index contributed by atoms with van der Waals surface area (Å²) < 4.78 is 16.9. The van der Waals surface area contributed by atoms with Crippen LogP contribution < -0.4 is 5.56 Å². The molecule has 0 aliphatic carbocycles. The lowest BCUT2D eigenvalue weighted by Gasteiger charge is -2.29. The number of carboxylic acid groups (broad SMARTS) is 1. The van der Waals surface area contributed by atoms with Gasteiger partial charge in [0.05, 0.1) is 5.39 Å². The van der Waals surface area contributed by atoms with Crippen molar-refractivity contribution in [3.05, 3.63) is 106 Å². The number of carbonyl (C=O) groups is 1. The van der Waals surface area contributed by atoms with Crippen molar-refractivity contribution in [1.29, 1.82) is 0 Å². The Bertz CT molecular complexity index is 1420. The maximum absolute atomic E-state index is 15.8. The van der Waals surface area contributed by atoms with Crippen molar-refractivity contribution in [3.8, 4) is 11.1 Å². The summed E-state index contributed by atoms with van der Waals surface area (Å²) in [6, 6.07) is 20.1. The van der Waals surface area contributed by atoms with E-state index in [-0.39, 0.29) is 5.39 Å². The van der Waals surface area contributed by atoms with E-state index in [2.05, 4.69) is 11.9 Å².